The molecule has 0 atom stereocenters. The number of amidine groups is 1. The van der Waals surface area contributed by atoms with Gasteiger partial charge in [0.2, 0.25) is 0 Å². The zero-order valence-corrected chi connectivity index (χ0v) is 9.54. The van der Waals surface area contributed by atoms with Crippen molar-refractivity contribution >= 4 is 5.84 Å². The summed E-state index contributed by atoms with van der Waals surface area (Å²) in [6, 6.07) is 5.72. The zero-order valence-electron chi connectivity index (χ0n) is 9.54. The molecule has 5 nitrogen and oxygen atoms in total. The number of nitrogens with zero attached hydrogens (tertiary/aromatic N) is 3. The summed E-state index contributed by atoms with van der Waals surface area (Å²) in [6.45, 7) is 2.64. The van der Waals surface area contributed by atoms with Crippen molar-refractivity contribution in [3.63, 3.8) is 0 Å². The second-order valence-corrected chi connectivity index (χ2v) is 3.88. The van der Waals surface area contributed by atoms with Gasteiger partial charge in [-0.05, 0) is 30.2 Å². The number of oxime groups is 1. The first kappa shape index (κ1) is 11.2. The molecule has 2 rings (SSSR count). The number of aromatic nitrogens is 2. The van der Waals surface area contributed by atoms with Crippen LogP contribution in [-0.2, 0) is 6.54 Å². The first-order valence-corrected chi connectivity index (χ1v) is 5.24. The van der Waals surface area contributed by atoms with Crippen LogP contribution in [0.15, 0.2) is 41.9 Å². The zero-order chi connectivity index (χ0) is 12.3. The van der Waals surface area contributed by atoms with Gasteiger partial charge in [0.05, 0.1) is 5.69 Å². The van der Waals surface area contributed by atoms with Gasteiger partial charge in [0.1, 0.15) is 0 Å². The van der Waals surface area contributed by atoms with Crippen molar-refractivity contribution in [3.05, 3.63) is 53.6 Å². The standard InChI is InChI=1S/C12H14N4O/c1-9-5-10(7-14-6-9)8-16-4-2-3-11(16)12(13)15-17/h2-7,17H,8H2,1H3,(H2,13,15). The smallest absolute Gasteiger partial charge is 0.186 e. The number of nitrogens with two attached hydrogens (primary N) is 1. The second-order valence-electron chi connectivity index (χ2n) is 3.88. The lowest BCUT2D eigenvalue weighted by molar-refractivity contribution is 0.318. The van der Waals surface area contributed by atoms with Crippen LogP contribution in [0.5, 0.6) is 0 Å². The van der Waals surface area contributed by atoms with Crippen molar-refractivity contribution < 1.29 is 5.21 Å². The molecule has 0 radical (unpaired) electrons. The van der Waals surface area contributed by atoms with Crippen LogP contribution in [0.1, 0.15) is 16.8 Å². The Morgan fingerprint density at radius 2 is 2.35 bits per heavy atom. The van der Waals surface area contributed by atoms with E-state index >= 15 is 0 Å². The fourth-order valence-electron chi connectivity index (χ4n) is 1.74. The Hall–Kier alpha value is -2.30. The summed E-state index contributed by atoms with van der Waals surface area (Å²) in [6.07, 6.45) is 5.50. The van der Waals surface area contributed by atoms with Crippen LogP contribution in [-0.4, -0.2) is 20.6 Å². The van der Waals surface area contributed by atoms with E-state index in [4.69, 9.17) is 10.9 Å². The van der Waals surface area contributed by atoms with E-state index in [0.29, 0.717) is 12.2 Å². The molecule has 0 aliphatic rings. The number of rotatable bonds is 3. The van der Waals surface area contributed by atoms with Gasteiger partial charge in [-0.3, -0.25) is 4.98 Å². The van der Waals surface area contributed by atoms with E-state index in [1.807, 2.05) is 36.1 Å². The van der Waals surface area contributed by atoms with Gasteiger partial charge in [0.15, 0.2) is 5.84 Å². The van der Waals surface area contributed by atoms with Crippen LogP contribution < -0.4 is 5.73 Å². The van der Waals surface area contributed by atoms with Crippen molar-refractivity contribution in [2.75, 3.05) is 0 Å². The summed E-state index contributed by atoms with van der Waals surface area (Å²) >= 11 is 0. The molecule has 0 saturated heterocycles. The number of pyridine rings is 1. The molecule has 0 amide bonds. The number of hydrogen-bond acceptors (Lipinski definition) is 3. The molecular weight excluding hydrogens is 216 g/mol. The predicted molar refractivity (Wildman–Crippen MR) is 65.0 cm³/mol. The molecule has 0 aliphatic heterocycles. The largest absolute Gasteiger partial charge is 0.409 e. The third kappa shape index (κ3) is 2.44. The summed E-state index contributed by atoms with van der Waals surface area (Å²) in [4.78, 5) is 4.14. The quantitative estimate of drug-likeness (QED) is 0.361. The Balaban J connectivity index is 2.28. The molecule has 0 fully saturated rings. The molecule has 17 heavy (non-hydrogen) atoms. The number of hydrogen-bond donors (Lipinski definition) is 2. The molecule has 5 heteroatoms. The van der Waals surface area contributed by atoms with Crippen LogP contribution in [0.3, 0.4) is 0 Å². The second kappa shape index (κ2) is 4.69. The van der Waals surface area contributed by atoms with Crippen molar-refractivity contribution in [3.8, 4) is 0 Å². The highest BCUT2D eigenvalue weighted by Crippen LogP contribution is 2.08. The normalized spacial score (nSPS) is 11.7. The van der Waals surface area contributed by atoms with E-state index in [1.54, 1.807) is 6.07 Å². The molecule has 2 aromatic rings. The van der Waals surface area contributed by atoms with E-state index in [2.05, 4.69) is 16.2 Å². The topological polar surface area (TPSA) is 76.4 Å². The van der Waals surface area contributed by atoms with Gasteiger partial charge in [-0.2, -0.15) is 0 Å². The molecule has 0 spiro atoms. The highest BCUT2D eigenvalue weighted by atomic mass is 16.4. The van der Waals surface area contributed by atoms with E-state index in [0.717, 1.165) is 11.1 Å². The summed E-state index contributed by atoms with van der Waals surface area (Å²) in [7, 11) is 0. The Bertz CT molecular complexity index is 545. The van der Waals surface area contributed by atoms with Gasteiger partial charge in [0.25, 0.3) is 0 Å². The van der Waals surface area contributed by atoms with Crippen molar-refractivity contribution in [1.82, 2.24) is 9.55 Å². The van der Waals surface area contributed by atoms with Crippen LogP contribution in [0.25, 0.3) is 0 Å². The summed E-state index contributed by atoms with van der Waals surface area (Å²) in [5, 5.41) is 11.7. The minimum Gasteiger partial charge on any atom is -0.409 e. The minimum atomic E-state index is 0.107. The monoisotopic (exact) mass is 230 g/mol. The number of aryl methyl sites for hydroxylation is 1. The Labute approximate surface area is 99.2 Å². The fraction of sp³-hybridized carbons (Fsp3) is 0.167. The van der Waals surface area contributed by atoms with Crippen molar-refractivity contribution in [2.45, 2.75) is 13.5 Å². The van der Waals surface area contributed by atoms with Crippen LogP contribution in [0.4, 0.5) is 0 Å². The third-order valence-corrected chi connectivity index (χ3v) is 2.48. The van der Waals surface area contributed by atoms with Gasteiger partial charge in [0, 0.05) is 25.1 Å². The maximum absolute atomic E-state index is 8.68. The van der Waals surface area contributed by atoms with Crippen LogP contribution in [0, 0.1) is 6.92 Å². The molecule has 2 heterocycles. The average molecular weight is 230 g/mol. The molecular formula is C12H14N4O. The molecule has 0 bridgehead atoms. The van der Waals surface area contributed by atoms with Crippen molar-refractivity contribution in [1.29, 1.82) is 0 Å². The average Bonchev–Trinajstić information content (AvgIpc) is 2.76. The molecule has 0 aliphatic carbocycles. The lowest BCUT2D eigenvalue weighted by atomic mass is 10.2. The predicted octanol–water partition coefficient (Wildman–Crippen LogP) is 1.33. The molecule has 0 unspecified atom stereocenters. The minimum absolute atomic E-state index is 0.107. The third-order valence-electron chi connectivity index (χ3n) is 2.48. The Morgan fingerprint density at radius 1 is 1.53 bits per heavy atom. The van der Waals surface area contributed by atoms with Crippen LogP contribution in [0.2, 0.25) is 0 Å². The Morgan fingerprint density at radius 3 is 3.06 bits per heavy atom. The molecule has 2 aromatic heterocycles. The lowest BCUT2D eigenvalue weighted by Crippen LogP contribution is -2.18. The maximum atomic E-state index is 8.68. The van der Waals surface area contributed by atoms with Gasteiger partial charge in [-0.15, -0.1) is 0 Å². The molecule has 3 N–H and O–H groups in total. The van der Waals surface area contributed by atoms with E-state index in [1.165, 1.54) is 0 Å². The SMILES string of the molecule is Cc1cncc(Cn2cccc2/C(N)=N/O)c1. The maximum Gasteiger partial charge on any atom is 0.186 e. The van der Waals surface area contributed by atoms with Gasteiger partial charge in [-0.25, -0.2) is 0 Å². The summed E-state index contributed by atoms with van der Waals surface area (Å²) in [5.74, 6) is 0.107. The fourth-order valence-corrected chi connectivity index (χ4v) is 1.74. The lowest BCUT2D eigenvalue weighted by Gasteiger charge is -2.08. The van der Waals surface area contributed by atoms with Crippen LogP contribution >= 0.6 is 0 Å². The van der Waals surface area contributed by atoms with Gasteiger partial charge in [-0.1, -0.05) is 11.2 Å². The summed E-state index contributed by atoms with van der Waals surface area (Å²) in [5.41, 5.74) is 8.46. The van der Waals surface area contributed by atoms with Crippen molar-refractivity contribution in [2.24, 2.45) is 10.9 Å². The first-order chi connectivity index (χ1) is 8.20. The van der Waals surface area contributed by atoms with Gasteiger partial charge >= 0.3 is 0 Å². The molecule has 88 valence electrons. The molecule has 0 aromatic carbocycles. The Kier molecular flexibility index (Phi) is 3.09. The summed E-state index contributed by atoms with van der Waals surface area (Å²) < 4.78 is 1.91. The van der Waals surface area contributed by atoms with E-state index < -0.39 is 0 Å². The molecule has 0 saturated carbocycles. The van der Waals surface area contributed by atoms with E-state index in [-0.39, 0.29) is 5.84 Å². The highest BCUT2D eigenvalue weighted by Gasteiger charge is 2.06. The van der Waals surface area contributed by atoms with E-state index in [9.17, 15) is 0 Å². The first-order valence-electron chi connectivity index (χ1n) is 5.24. The highest BCUT2D eigenvalue weighted by molar-refractivity contribution is 5.95. The van der Waals surface area contributed by atoms with Gasteiger partial charge < -0.3 is 15.5 Å².